The molecular weight excluding hydrogens is 586 g/mol. The second-order valence-corrected chi connectivity index (χ2v) is 9.55. The fourth-order valence-corrected chi connectivity index (χ4v) is 4.43. The van der Waals surface area contributed by atoms with Gasteiger partial charge in [0.25, 0.3) is 11.8 Å². The van der Waals surface area contributed by atoms with Gasteiger partial charge in [-0.2, -0.15) is 23.5 Å². The van der Waals surface area contributed by atoms with Crippen molar-refractivity contribution in [2.24, 2.45) is 0 Å². The highest BCUT2D eigenvalue weighted by atomic mass is 19.4. The molecule has 1 atom stereocenters. The Morgan fingerprint density at radius 1 is 1.21 bits per heavy atom. The monoisotopic (exact) mass is 610 g/mol. The van der Waals surface area contributed by atoms with Crippen molar-refractivity contribution in [1.29, 1.82) is 5.26 Å². The zero-order valence-electron chi connectivity index (χ0n) is 22.5. The summed E-state index contributed by atoms with van der Waals surface area (Å²) in [5, 5.41) is 18.6. The van der Waals surface area contributed by atoms with Gasteiger partial charge in [-0.25, -0.2) is 9.67 Å². The first-order valence-electron chi connectivity index (χ1n) is 12.8. The second-order valence-electron chi connectivity index (χ2n) is 9.55. The Kier molecular flexibility index (Phi) is 9.24. The quantitative estimate of drug-likeness (QED) is 0.263. The smallest absolute Gasteiger partial charge is 0.484 e. The van der Waals surface area contributed by atoms with Crippen LogP contribution in [0.15, 0.2) is 36.5 Å². The lowest BCUT2D eigenvalue weighted by Crippen LogP contribution is -2.42. The Balaban J connectivity index is 1.55. The van der Waals surface area contributed by atoms with Crippen LogP contribution in [0, 0.1) is 18.3 Å². The highest BCUT2D eigenvalue weighted by Crippen LogP contribution is 2.27. The van der Waals surface area contributed by atoms with E-state index in [2.05, 4.69) is 25.5 Å². The van der Waals surface area contributed by atoms with E-state index >= 15 is 0 Å². The maximum absolute atomic E-state index is 13.2. The molecule has 4 rings (SSSR count). The van der Waals surface area contributed by atoms with E-state index in [4.69, 9.17) is 10.00 Å². The first kappa shape index (κ1) is 31.3. The van der Waals surface area contributed by atoms with Gasteiger partial charge in [0, 0.05) is 25.2 Å². The Morgan fingerprint density at radius 3 is 2.63 bits per heavy atom. The Labute approximate surface area is 240 Å². The summed E-state index contributed by atoms with van der Waals surface area (Å²) in [5.74, 6) is -1.41. The number of hydrogen-bond acceptors (Lipinski definition) is 7. The standard InChI is InChI=1S/C27H24F6N6O4/c1-15-2-6-19(42-14-26(28,29)30)10-17(15)4-5-18-11-20-22(24(40)37-18)23(25(41)35-8-9-43-27(31,32)33)39(38-20)21-7-3-16(12-34)13-36-21/h2-3,6-7,10,13,18H,4-5,8-9,11,14H2,1H3,(H,35,41)(H,37,40)/t18-/m0/s1. The SMILES string of the molecule is Cc1ccc(OCC(F)(F)F)cc1CC[C@H]1Cc2nn(-c3ccc(C#N)cn3)c(C(=O)NCCOC(F)(F)F)c2C(=O)N1. The summed E-state index contributed by atoms with van der Waals surface area (Å²) in [5.41, 5.74) is 1.63. The molecule has 2 amide bonds. The molecule has 0 unspecified atom stereocenters. The normalized spacial score (nSPS) is 14.9. The largest absolute Gasteiger partial charge is 0.522 e. The molecule has 1 aliphatic heterocycles. The van der Waals surface area contributed by atoms with Crippen LogP contribution in [0.4, 0.5) is 26.3 Å². The van der Waals surface area contributed by atoms with Crippen molar-refractivity contribution in [2.75, 3.05) is 19.8 Å². The number of hydrogen-bond donors (Lipinski definition) is 2. The van der Waals surface area contributed by atoms with Crippen LogP contribution >= 0.6 is 0 Å². The molecule has 16 heteroatoms. The van der Waals surface area contributed by atoms with Gasteiger partial charge in [-0.1, -0.05) is 6.07 Å². The van der Waals surface area contributed by atoms with Gasteiger partial charge in [-0.3, -0.25) is 14.3 Å². The zero-order chi connectivity index (χ0) is 31.4. The molecular formula is C27H24F6N6O4. The fraction of sp³-hybridized carbons (Fsp3) is 0.370. The van der Waals surface area contributed by atoms with E-state index in [0.717, 1.165) is 10.2 Å². The number of amides is 2. The Hall–Kier alpha value is -4.65. The number of pyridine rings is 1. The van der Waals surface area contributed by atoms with Gasteiger partial charge in [0.05, 0.1) is 23.4 Å². The highest BCUT2D eigenvalue weighted by molar-refractivity contribution is 6.08. The molecule has 0 bridgehead atoms. The third-order valence-corrected chi connectivity index (χ3v) is 6.41. The number of benzene rings is 1. The molecule has 2 aromatic heterocycles. The molecule has 3 heterocycles. The number of halogens is 6. The van der Waals surface area contributed by atoms with E-state index in [1.165, 1.54) is 30.5 Å². The number of carbonyl (C=O) groups excluding carboxylic acids is 2. The lowest BCUT2D eigenvalue weighted by atomic mass is 9.94. The molecule has 2 N–H and O–H groups in total. The molecule has 0 spiro atoms. The second kappa shape index (κ2) is 12.7. The van der Waals surface area contributed by atoms with E-state index in [1.807, 2.05) is 6.07 Å². The van der Waals surface area contributed by atoms with E-state index in [1.54, 1.807) is 13.0 Å². The van der Waals surface area contributed by atoms with Crippen LogP contribution in [0.2, 0.25) is 0 Å². The predicted octanol–water partition coefficient (Wildman–Crippen LogP) is 3.94. The fourth-order valence-electron chi connectivity index (χ4n) is 4.43. The summed E-state index contributed by atoms with van der Waals surface area (Å²) < 4.78 is 84.2. The summed E-state index contributed by atoms with van der Waals surface area (Å²) in [4.78, 5) is 30.4. The van der Waals surface area contributed by atoms with Crippen LogP contribution in [0.25, 0.3) is 5.82 Å². The minimum atomic E-state index is -4.89. The number of nitrogens with one attached hydrogen (secondary N) is 2. The predicted molar refractivity (Wildman–Crippen MR) is 136 cm³/mol. The first-order chi connectivity index (χ1) is 20.2. The molecule has 0 saturated heterocycles. The average molecular weight is 611 g/mol. The number of nitrogens with zero attached hydrogens (tertiary/aromatic N) is 4. The van der Waals surface area contributed by atoms with Crippen molar-refractivity contribution < 1.29 is 45.4 Å². The molecule has 3 aromatic rings. The molecule has 228 valence electrons. The minimum Gasteiger partial charge on any atom is -0.484 e. The molecule has 0 fully saturated rings. The minimum absolute atomic E-state index is 0.0536. The van der Waals surface area contributed by atoms with Gasteiger partial charge in [-0.15, -0.1) is 13.2 Å². The molecule has 0 saturated carbocycles. The van der Waals surface area contributed by atoms with Crippen LogP contribution in [0.5, 0.6) is 5.75 Å². The number of nitriles is 1. The van der Waals surface area contributed by atoms with Crippen molar-refractivity contribution in [3.63, 3.8) is 0 Å². The van der Waals surface area contributed by atoms with E-state index in [9.17, 15) is 35.9 Å². The summed E-state index contributed by atoms with van der Waals surface area (Å²) in [6.45, 7) is -1.03. The Bertz CT molecular complexity index is 1530. The van der Waals surface area contributed by atoms with Crippen LogP contribution in [0.3, 0.4) is 0 Å². The average Bonchev–Trinajstić information content (AvgIpc) is 3.33. The van der Waals surface area contributed by atoms with Crippen molar-refractivity contribution in [3.05, 3.63) is 70.2 Å². The van der Waals surface area contributed by atoms with Crippen molar-refractivity contribution in [1.82, 2.24) is 25.4 Å². The third-order valence-electron chi connectivity index (χ3n) is 6.41. The number of carbonyl (C=O) groups is 2. The first-order valence-corrected chi connectivity index (χ1v) is 12.8. The lowest BCUT2D eigenvalue weighted by Gasteiger charge is -2.23. The van der Waals surface area contributed by atoms with E-state index in [0.29, 0.717) is 18.4 Å². The third kappa shape index (κ3) is 8.22. The molecule has 1 aromatic carbocycles. The van der Waals surface area contributed by atoms with Crippen molar-refractivity contribution >= 4 is 11.8 Å². The van der Waals surface area contributed by atoms with Crippen LogP contribution < -0.4 is 15.4 Å². The molecule has 0 radical (unpaired) electrons. The number of rotatable bonds is 10. The molecule has 10 nitrogen and oxygen atoms in total. The van der Waals surface area contributed by atoms with Crippen molar-refractivity contribution in [2.45, 2.75) is 44.8 Å². The topological polar surface area (TPSA) is 131 Å². The summed E-state index contributed by atoms with van der Waals surface area (Å²) >= 11 is 0. The van der Waals surface area contributed by atoms with Gasteiger partial charge in [0.2, 0.25) is 0 Å². The van der Waals surface area contributed by atoms with Crippen molar-refractivity contribution in [3.8, 4) is 17.6 Å². The van der Waals surface area contributed by atoms with Crippen LogP contribution in [-0.2, 0) is 17.6 Å². The number of aryl methyl sites for hydroxylation is 2. The summed E-state index contributed by atoms with van der Waals surface area (Å²) in [6, 6.07) is 8.82. The number of ether oxygens (including phenoxy) is 2. The molecule has 1 aliphatic rings. The van der Waals surface area contributed by atoms with Gasteiger partial charge in [0.15, 0.2) is 12.4 Å². The summed E-state index contributed by atoms with van der Waals surface area (Å²) in [6.07, 6.45) is -7.23. The van der Waals surface area contributed by atoms with Crippen LogP contribution in [-0.4, -0.2) is 64.9 Å². The number of aromatic nitrogens is 3. The Morgan fingerprint density at radius 2 is 1.98 bits per heavy atom. The van der Waals surface area contributed by atoms with E-state index < -0.39 is 50.2 Å². The van der Waals surface area contributed by atoms with E-state index in [-0.39, 0.29) is 40.5 Å². The highest BCUT2D eigenvalue weighted by Gasteiger charge is 2.35. The maximum atomic E-state index is 13.2. The van der Waals surface area contributed by atoms with Crippen LogP contribution in [0.1, 0.15) is 49.7 Å². The zero-order valence-corrected chi connectivity index (χ0v) is 22.5. The molecule has 43 heavy (non-hydrogen) atoms. The summed E-state index contributed by atoms with van der Waals surface area (Å²) in [7, 11) is 0. The van der Waals surface area contributed by atoms with Gasteiger partial charge in [-0.05, 0) is 55.2 Å². The van der Waals surface area contributed by atoms with Gasteiger partial charge in [0.1, 0.15) is 17.5 Å². The van der Waals surface area contributed by atoms with Gasteiger partial charge < -0.3 is 15.4 Å². The number of alkyl halides is 6. The van der Waals surface area contributed by atoms with Gasteiger partial charge >= 0.3 is 12.5 Å². The lowest BCUT2D eigenvalue weighted by molar-refractivity contribution is -0.323. The molecule has 0 aliphatic carbocycles. The maximum Gasteiger partial charge on any atom is 0.522 e. The number of fused-ring (bicyclic) bond motifs is 1.